The van der Waals surface area contributed by atoms with E-state index in [4.69, 9.17) is 0 Å². The molecular weight excluding hydrogens is 246 g/mol. The largest absolute Gasteiger partial charge is 0.311 e. The average molecular weight is 279 g/mol. The molecular formula is C17H33N3. The highest BCUT2D eigenvalue weighted by Gasteiger charge is 2.33. The Bertz CT molecular complexity index is 295. The highest BCUT2D eigenvalue weighted by Crippen LogP contribution is 2.33. The van der Waals surface area contributed by atoms with Crippen LogP contribution < -0.4 is 5.32 Å². The molecule has 3 fully saturated rings. The third-order valence-corrected chi connectivity index (χ3v) is 5.89. The summed E-state index contributed by atoms with van der Waals surface area (Å²) in [7, 11) is 2.29. The molecule has 0 aromatic carbocycles. The van der Waals surface area contributed by atoms with Crippen molar-refractivity contribution in [1.82, 2.24) is 15.1 Å². The zero-order chi connectivity index (χ0) is 13.9. The van der Waals surface area contributed by atoms with Crippen LogP contribution >= 0.6 is 0 Å². The normalized spacial score (nSPS) is 39.9. The molecule has 0 aromatic heterocycles. The minimum absolute atomic E-state index is 0.793. The first-order chi connectivity index (χ1) is 9.74. The van der Waals surface area contributed by atoms with Gasteiger partial charge in [-0.15, -0.1) is 0 Å². The third kappa shape index (κ3) is 3.55. The Balaban J connectivity index is 1.49. The van der Waals surface area contributed by atoms with Gasteiger partial charge in [-0.05, 0) is 77.5 Å². The van der Waals surface area contributed by atoms with Gasteiger partial charge in [0.15, 0.2) is 0 Å². The Labute approximate surface area is 125 Å². The first kappa shape index (κ1) is 14.8. The maximum atomic E-state index is 3.77. The minimum Gasteiger partial charge on any atom is -0.311 e. The predicted octanol–water partition coefficient (Wildman–Crippen LogP) is 2.32. The lowest BCUT2D eigenvalue weighted by molar-refractivity contribution is 0.161. The second kappa shape index (κ2) is 6.76. The molecule has 3 unspecified atom stereocenters. The van der Waals surface area contributed by atoms with Crippen LogP contribution in [0, 0.1) is 5.92 Å². The SMILES string of the molecule is CCC1CN(C)CCCN1CCC1CC2CCC(C1)N2. The number of likely N-dealkylation sites (N-methyl/N-ethyl adjacent to an activating group) is 1. The van der Waals surface area contributed by atoms with Gasteiger partial charge in [0.25, 0.3) is 0 Å². The molecule has 0 spiro atoms. The van der Waals surface area contributed by atoms with Gasteiger partial charge in [0.2, 0.25) is 0 Å². The first-order valence-electron chi connectivity index (χ1n) is 8.93. The number of nitrogens with one attached hydrogen (secondary N) is 1. The second-order valence-electron chi connectivity index (χ2n) is 7.48. The van der Waals surface area contributed by atoms with Crippen LogP contribution in [0.1, 0.15) is 51.9 Å². The molecule has 3 atom stereocenters. The van der Waals surface area contributed by atoms with Crippen molar-refractivity contribution in [2.24, 2.45) is 5.92 Å². The molecule has 3 rings (SSSR count). The number of nitrogens with zero attached hydrogens (tertiary/aromatic N) is 2. The minimum atomic E-state index is 0.793. The topological polar surface area (TPSA) is 18.5 Å². The van der Waals surface area contributed by atoms with Gasteiger partial charge in [0.05, 0.1) is 0 Å². The summed E-state index contributed by atoms with van der Waals surface area (Å²) in [6.07, 6.45) is 9.86. The van der Waals surface area contributed by atoms with Crippen molar-refractivity contribution < 1.29 is 0 Å². The molecule has 0 amide bonds. The standard InChI is InChI=1S/C17H33N3/c1-3-17-13-19(2)8-4-9-20(17)10-7-14-11-15-5-6-16(12-14)18-15/h14-18H,3-13H2,1-2H3. The molecule has 0 aliphatic carbocycles. The van der Waals surface area contributed by atoms with Crippen molar-refractivity contribution in [3.8, 4) is 0 Å². The van der Waals surface area contributed by atoms with Crippen LogP contribution in [0.3, 0.4) is 0 Å². The molecule has 3 aliphatic heterocycles. The maximum Gasteiger partial charge on any atom is 0.0220 e. The van der Waals surface area contributed by atoms with E-state index in [1.54, 1.807) is 0 Å². The number of fused-ring (bicyclic) bond motifs is 2. The Hall–Kier alpha value is -0.120. The molecule has 20 heavy (non-hydrogen) atoms. The lowest BCUT2D eigenvalue weighted by Crippen LogP contribution is -2.42. The summed E-state index contributed by atoms with van der Waals surface area (Å²) < 4.78 is 0. The van der Waals surface area contributed by atoms with Crippen LogP contribution in [0.5, 0.6) is 0 Å². The van der Waals surface area contributed by atoms with Crippen molar-refractivity contribution >= 4 is 0 Å². The zero-order valence-corrected chi connectivity index (χ0v) is 13.5. The van der Waals surface area contributed by atoms with E-state index in [9.17, 15) is 0 Å². The van der Waals surface area contributed by atoms with Crippen LogP contribution in [0.15, 0.2) is 0 Å². The molecule has 3 aliphatic rings. The van der Waals surface area contributed by atoms with E-state index in [0.717, 1.165) is 24.0 Å². The van der Waals surface area contributed by atoms with Gasteiger partial charge >= 0.3 is 0 Å². The molecule has 3 saturated heterocycles. The molecule has 2 bridgehead atoms. The highest BCUT2D eigenvalue weighted by molar-refractivity contribution is 4.92. The summed E-state index contributed by atoms with van der Waals surface area (Å²) in [4.78, 5) is 5.33. The molecule has 3 heteroatoms. The molecule has 3 nitrogen and oxygen atoms in total. The highest BCUT2D eigenvalue weighted by atomic mass is 15.2. The quantitative estimate of drug-likeness (QED) is 0.852. The summed E-state index contributed by atoms with van der Waals surface area (Å²) in [6, 6.07) is 2.51. The van der Waals surface area contributed by atoms with Crippen molar-refractivity contribution in [1.29, 1.82) is 0 Å². The lowest BCUT2D eigenvalue weighted by Gasteiger charge is -2.34. The van der Waals surface area contributed by atoms with Gasteiger partial charge in [-0.2, -0.15) is 0 Å². The van der Waals surface area contributed by atoms with Gasteiger partial charge in [-0.1, -0.05) is 6.92 Å². The summed E-state index contributed by atoms with van der Waals surface area (Å²) in [5.41, 5.74) is 0. The molecule has 116 valence electrons. The van der Waals surface area contributed by atoms with Gasteiger partial charge in [-0.3, -0.25) is 4.90 Å². The van der Waals surface area contributed by atoms with Crippen LogP contribution in [-0.4, -0.2) is 61.2 Å². The lowest BCUT2D eigenvalue weighted by atomic mass is 9.89. The first-order valence-corrected chi connectivity index (χ1v) is 8.93. The molecule has 0 radical (unpaired) electrons. The van der Waals surface area contributed by atoms with Crippen LogP contribution in [0.25, 0.3) is 0 Å². The van der Waals surface area contributed by atoms with Gasteiger partial charge in [-0.25, -0.2) is 0 Å². The van der Waals surface area contributed by atoms with E-state index in [-0.39, 0.29) is 0 Å². The average Bonchev–Trinajstić information content (AvgIpc) is 2.68. The number of rotatable bonds is 4. The number of piperidine rings is 1. The molecule has 0 saturated carbocycles. The van der Waals surface area contributed by atoms with Crippen molar-refractivity contribution in [3.63, 3.8) is 0 Å². The molecule has 1 N–H and O–H groups in total. The summed E-state index contributed by atoms with van der Waals surface area (Å²) in [5.74, 6) is 0.993. The van der Waals surface area contributed by atoms with E-state index in [0.29, 0.717) is 0 Å². The van der Waals surface area contributed by atoms with Gasteiger partial charge in [0.1, 0.15) is 0 Å². The van der Waals surface area contributed by atoms with Gasteiger partial charge < -0.3 is 10.2 Å². The smallest absolute Gasteiger partial charge is 0.0220 e. The van der Waals surface area contributed by atoms with Crippen LogP contribution in [-0.2, 0) is 0 Å². The fraction of sp³-hybridized carbons (Fsp3) is 1.00. The summed E-state index contributed by atoms with van der Waals surface area (Å²) in [5, 5.41) is 3.77. The number of hydrogen-bond donors (Lipinski definition) is 1. The third-order valence-electron chi connectivity index (χ3n) is 5.89. The summed E-state index contributed by atoms with van der Waals surface area (Å²) >= 11 is 0. The van der Waals surface area contributed by atoms with Crippen LogP contribution in [0.4, 0.5) is 0 Å². The fourth-order valence-electron chi connectivity index (χ4n) is 4.73. The van der Waals surface area contributed by atoms with E-state index >= 15 is 0 Å². The second-order valence-corrected chi connectivity index (χ2v) is 7.48. The monoisotopic (exact) mass is 279 g/mol. The zero-order valence-electron chi connectivity index (χ0n) is 13.5. The maximum absolute atomic E-state index is 3.77. The van der Waals surface area contributed by atoms with Gasteiger partial charge in [0, 0.05) is 24.7 Å². The van der Waals surface area contributed by atoms with E-state index in [1.807, 2.05) is 0 Å². The van der Waals surface area contributed by atoms with E-state index in [1.165, 1.54) is 71.1 Å². The predicted molar refractivity (Wildman–Crippen MR) is 85.1 cm³/mol. The van der Waals surface area contributed by atoms with E-state index in [2.05, 4.69) is 29.1 Å². The Morgan fingerprint density at radius 3 is 2.55 bits per heavy atom. The number of hydrogen-bond acceptors (Lipinski definition) is 3. The van der Waals surface area contributed by atoms with Crippen LogP contribution in [0.2, 0.25) is 0 Å². The Morgan fingerprint density at radius 2 is 1.85 bits per heavy atom. The Morgan fingerprint density at radius 1 is 1.10 bits per heavy atom. The fourth-order valence-corrected chi connectivity index (χ4v) is 4.73. The van der Waals surface area contributed by atoms with Crippen molar-refractivity contribution in [2.45, 2.75) is 70.0 Å². The van der Waals surface area contributed by atoms with Crippen molar-refractivity contribution in [3.05, 3.63) is 0 Å². The Kier molecular flexibility index (Phi) is 5.00. The summed E-state index contributed by atoms with van der Waals surface area (Å²) in [6.45, 7) is 7.58. The van der Waals surface area contributed by atoms with E-state index < -0.39 is 0 Å². The molecule has 0 aromatic rings. The van der Waals surface area contributed by atoms with Crippen molar-refractivity contribution in [2.75, 3.05) is 33.2 Å². The molecule has 3 heterocycles.